The van der Waals surface area contributed by atoms with Crippen molar-refractivity contribution < 1.29 is 4.74 Å². The normalized spacial score (nSPS) is 16.6. The molecule has 4 nitrogen and oxygen atoms in total. The third kappa shape index (κ3) is 3.94. The Morgan fingerprint density at radius 1 is 1.43 bits per heavy atom. The van der Waals surface area contributed by atoms with E-state index in [4.69, 9.17) is 28.6 Å². The number of thiazole rings is 1. The highest BCUT2D eigenvalue weighted by atomic mass is 35.5. The van der Waals surface area contributed by atoms with Gasteiger partial charge in [0, 0.05) is 9.90 Å². The minimum Gasteiger partial charge on any atom is -0.495 e. The molecule has 0 bridgehead atoms. The smallest absolute Gasteiger partial charge is 0.189 e. The van der Waals surface area contributed by atoms with Gasteiger partial charge in [-0.2, -0.15) is 0 Å². The zero-order chi connectivity index (χ0) is 16.4. The summed E-state index contributed by atoms with van der Waals surface area (Å²) in [6.45, 7) is 2.29. The third-order valence-electron chi connectivity index (χ3n) is 3.82. The lowest BCUT2D eigenvalue weighted by Gasteiger charge is -2.15. The van der Waals surface area contributed by atoms with Gasteiger partial charge in [-0.3, -0.25) is 0 Å². The molecule has 1 unspecified atom stereocenters. The van der Waals surface area contributed by atoms with Crippen molar-refractivity contribution in [3.05, 3.63) is 33.8 Å². The number of halogens is 1. The first-order valence-electron chi connectivity index (χ1n) is 7.45. The maximum absolute atomic E-state index is 6.03. The molecule has 2 N–H and O–H groups in total. The predicted molar refractivity (Wildman–Crippen MR) is 101 cm³/mol. The van der Waals surface area contributed by atoms with E-state index in [1.807, 2.05) is 0 Å². The second-order valence-electron chi connectivity index (χ2n) is 5.66. The van der Waals surface area contributed by atoms with Crippen LogP contribution in [0, 0.1) is 5.92 Å². The lowest BCUT2D eigenvalue weighted by molar-refractivity contribution is 0.417. The Balaban J connectivity index is 1.69. The van der Waals surface area contributed by atoms with Gasteiger partial charge >= 0.3 is 0 Å². The molecule has 7 heteroatoms. The summed E-state index contributed by atoms with van der Waals surface area (Å²) in [4.78, 5) is 6.02. The zero-order valence-electron chi connectivity index (χ0n) is 13.0. The van der Waals surface area contributed by atoms with Gasteiger partial charge in [-0.25, -0.2) is 4.98 Å². The molecule has 1 aliphatic rings. The lowest BCUT2D eigenvalue weighted by atomic mass is 9.93. The molecule has 0 aliphatic heterocycles. The molecular weight excluding hydrogens is 350 g/mol. The average molecular weight is 368 g/mol. The van der Waals surface area contributed by atoms with Gasteiger partial charge in [0.2, 0.25) is 0 Å². The SMILES string of the molecule is COc1ccc(Cl)cc1NC(=S)Nc1nc2c(s1)CC(C)CC2. The maximum atomic E-state index is 6.03. The first-order valence-corrected chi connectivity index (χ1v) is 9.05. The van der Waals surface area contributed by atoms with Crippen LogP contribution in [-0.4, -0.2) is 17.2 Å². The molecule has 0 saturated carbocycles. The number of nitrogens with one attached hydrogen (secondary N) is 2. The predicted octanol–water partition coefficient (Wildman–Crippen LogP) is 4.74. The van der Waals surface area contributed by atoms with Crippen LogP contribution in [0.4, 0.5) is 10.8 Å². The number of methoxy groups -OCH3 is 1. The number of hydrogen-bond acceptors (Lipinski definition) is 4. The molecule has 1 aliphatic carbocycles. The topological polar surface area (TPSA) is 46.2 Å². The van der Waals surface area contributed by atoms with Crippen molar-refractivity contribution in [1.29, 1.82) is 0 Å². The second-order valence-corrected chi connectivity index (χ2v) is 7.59. The highest BCUT2D eigenvalue weighted by molar-refractivity contribution is 7.80. The number of hydrogen-bond donors (Lipinski definition) is 2. The second kappa shape index (κ2) is 7.03. The van der Waals surface area contributed by atoms with Crippen molar-refractivity contribution >= 4 is 51.1 Å². The molecule has 1 heterocycles. The molecule has 0 radical (unpaired) electrons. The van der Waals surface area contributed by atoms with Gasteiger partial charge in [-0.15, -0.1) is 11.3 Å². The Hall–Kier alpha value is -1.37. The monoisotopic (exact) mass is 367 g/mol. The van der Waals surface area contributed by atoms with Gasteiger partial charge in [0.05, 0.1) is 18.5 Å². The van der Waals surface area contributed by atoms with Crippen LogP contribution in [0.2, 0.25) is 5.02 Å². The number of aryl methyl sites for hydroxylation is 1. The van der Waals surface area contributed by atoms with E-state index in [1.165, 1.54) is 17.0 Å². The van der Waals surface area contributed by atoms with Gasteiger partial charge in [0.25, 0.3) is 0 Å². The minimum absolute atomic E-state index is 0.477. The minimum atomic E-state index is 0.477. The largest absolute Gasteiger partial charge is 0.495 e. The summed E-state index contributed by atoms with van der Waals surface area (Å²) in [6.07, 6.45) is 3.37. The summed E-state index contributed by atoms with van der Waals surface area (Å²) in [5, 5.41) is 8.21. The van der Waals surface area contributed by atoms with E-state index in [1.54, 1.807) is 36.6 Å². The number of aromatic nitrogens is 1. The van der Waals surface area contributed by atoms with E-state index in [0.717, 1.165) is 29.6 Å². The molecule has 0 saturated heterocycles. The zero-order valence-corrected chi connectivity index (χ0v) is 15.4. The van der Waals surface area contributed by atoms with Gasteiger partial charge in [-0.1, -0.05) is 18.5 Å². The molecule has 23 heavy (non-hydrogen) atoms. The van der Waals surface area contributed by atoms with Gasteiger partial charge < -0.3 is 15.4 Å². The fourth-order valence-corrected chi connectivity index (χ4v) is 4.24. The van der Waals surface area contributed by atoms with Crippen molar-refractivity contribution in [3.63, 3.8) is 0 Å². The average Bonchev–Trinajstić information content (AvgIpc) is 2.88. The lowest BCUT2D eigenvalue weighted by Crippen LogP contribution is -2.19. The first kappa shape index (κ1) is 16.5. The summed E-state index contributed by atoms with van der Waals surface area (Å²) in [6, 6.07) is 5.36. The van der Waals surface area contributed by atoms with Crippen molar-refractivity contribution in [2.45, 2.75) is 26.2 Å². The van der Waals surface area contributed by atoms with Gasteiger partial charge in [0.15, 0.2) is 10.2 Å². The summed E-state index contributed by atoms with van der Waals surface area (Å²) >= 11 is 13.1. The molecule has 0 amide bonds. The number of nitrogens with zero attached hydrogens (tertiary/aromatic N) is 1. The fraction of sp³-hybridized carbons (Fsp3) is 0.375. The van der Waals surface area contributed by atoms with Crippen molar-refractivity contribution in [2.75, 3.05) is 17.7 Å². The molecule has 2 aromatic rings. The number of rotatable bonds is 3. The van der Waals surface area contributed by atoms with Crippen LogP contribution < -0.4 is 15.4 Å². The molecule has 0 spiro atoms. The molecule has 3 rings (SSSR count). The Labute approximate surface area is 150 Å². The molecule has 122 valence electrons. The van der Waals surface area contributed by atoms with Crippen LogP contribution in [0.25, 0.3) is 0 Å². The Morgan fingerprint density at radius 3 is 3.04 bits per heavy atom. The molecule has 1 atom stereocenters. The summed E-state index contributed by atoms with van der Waals surface area (Å²) < 4.78 is 5.31. The number of ether oxygens (including phenoxy) is 1. The van der Waals surface area contributed by atoms with E-state index in [0.29, 0.717) is 15.9 Å². The number of fused-ring (bicyclic) bond motifs is 1. The van der Waals surface area contributed by atoms with Crippen LogP contribution in [0.3, 0.4) is 0 Å². The third-order valence-corrected chi connectivity index (χ3v) is 5.29. The van der Waals surface area contributed by atoms with Crippen LogP contribution in [0.5, 0.6) is 5.75 Å². The van der Waals surface area contributed by atoms with Crippen LogP contribution in [0.1, 0.15) is 23.9 Å². The number of thiocarbonyl (C=S) groups is 1. The van der Waals surface area contributed by atoms with E-state index < -0.39 is 0 Å². The Kier molecular flexibility index (Phi) is 5.04. The fourth-order valence-electron chi connectivity index (χ4n) is 2.62. The first-order chi connectivity index (χ1) is 11.0. The standard InChI is InChI=1S/C16H18ClN3OS2/c1-9-3-5-11-14(7-9)23-16(19-11)20-15(22)18-12-8-10(17)4-6-13(12)21-2/h4,6,8-9H,3,5,7H2,1-2H3,(H2,18,19,20,22). The van der Waals surface area contributed by atoms with Gasteiger partial charge in [-0.05, 0) is 55.6 Å². The van der Waals surface area contributed by atoms with Crippen LogP contribution in [0.15, 0.2) is 18.2 Å². The highest BCUT2D eigenvalue weighted by Gasteiger charge is 2.20. The molecule has 0 fully saturated rings. The van der Waals surface area contributed by atoms with E-state index in [2.05, 4.69) is 22.5 Å². The Morgan fingerprint density at radius 2 is 2.26 bits per heavy atom. The van der Waals surface area contributed by atoms with E-state index in [-0.39, 0.29) is 0 Å². The quantitative estimate of drug-likeness (QED) is 0.767. The van der Waals surface area contributed by atoms with E-state index in [9.17, 15) is 0 Å². The van der Waals surface area contributed by atoms with Crippen molar-refractivity contribution in [1.82, 2.24) is 4.98 Å². The number of benzene rings is 1. The van der Waals surface area contributed by atoms with Crippen molar-refractivity contribution in [2.24, 2.45) is 5.92 Å². The molecule has 1 aromatic heterocycles. The van der Waals surface area contributed by atoms with E-state index >= 15 is 0 Å². The number of anilines is 2. The summed E-state index contributed by atoms with van der Waals surface area (Å²) in [5.41, 5.74) is 1.94. The van der Waals surface area contributed by atoms with Crippen molar-refractivity contribution in [3.8, 4) is 5.75 Å². The van der Waals surface area contributed by atoms with Gasteiger partial charge in [0.1, 0.15) is 5.75 Å². The van der Waals surface area contributed by atoms with Crippen LogP contribution >= 0.6 is 35.2 Å². The summed E-state index contributed by atoms with van der Waals surface area (Å²) in [7, 11) is 1.61. The van der Waals surface area contributed by atoms with Crippen LogP contribution in [-0.2, 0) is 12.8 Å². The molecular formula is C16H18ClN3OS2. The highest BCUT2D eigenvalue weighted by Crippen LogP contribution is 2.32. The molecule has 1 aromatic carbocycles. The maximum Gasteiger partial charge on any atom is 0.189 e. The summed E-state index contributed by atoms with van der Waals surface area (Å²) in [5.74, 6) is 1.42. The Bertz CT molecular complexity index is 732.